The van der Waals surface area contributed by atoms with Crippen molar-refractivity contribution in [1.29, 1.82) is 0 Å². The van der Waals surface area contributed by atoms with E-state index in [1.165, 1.54) is 17.0 Å². The molecule has 0 N–H and O–H groups in total. The second-order valence-corrected chi connectivity index (χ2v) is 10.1. The number of ether oxygens (including phenoxy) is 1. The van der Waals surface area contributed by atoms with Crippen LogP contribution in [0.5, 0.6) is 5.75 Å². The van der Waals surface area contributed by atoms with E-state index in [1.54, 1.807) is 48.4 Å². The number of amides is 2. The molecule has 0 bridgehead atoms. The molecule has 0 saturated carbocycles. The van der Waals surface area contributed by atoms with Gasteiger partial charge >= 0.3 is 0 Å². The van der Waals surface area contributed by atoms with E-state index in [9.17, 15) is 14.0 Å². The molecule has 1 aliphatic rings. The van der Waals surface area contributed by atoms with Crippen molar-refractivity contribution in [3.63, 3.8) is 0 Å². The van der Waals surface area contributed by atoms with Crippen LogP contribution in [-0.2, 0) is 11.3 Å². The highest BCUT2D eigenvalue weighted by Crippen LogP contribution is 2.22. The van der Waals surface area contributed by atoms with E-state index in [1.807, 2.05) is 36.4 Å². The fraction of sp³-hybridized carbons (Fsp3) is 0.226. The number of benzene rings is 3. The topological polar surface area (TPSA) is 78.9 Å². The van der Waals surface area contributed by atoms with Crippen molar-refractivity contribution in [3.05, 3.63) is 107 Å². The Balaban J connectivity index is 1.21. The van der Waals surface area contributed by atoms with E-state index < -0.39 is 0 Å². The van der Waals surface area contributed by atoms with Gasteiger partial charge in [-0.3, -0.25) is 9.59 Å². The van der Waals surface area contributed by atoms with Crippen LogP contribution in [0.15, 0.2) is 84.9 Å². The molecule has 0 spiro atoms. The summed E-state index contributed by atoms with van der Waals surface area (Å²) in [6.45, 7) is 2.22. The van der Waals surface area contributed by atoms with Gasteiger partial charge in [-0.25, -0.2) is 4.39 Å². The molecule has 1 fully saturated rings. The lowest BCUT2D eigenvalue weighted by Gasteiger charge is -2.36. The summed E-state index contributed by atoms with van der Waals surface area (Å²) in [6, 6.07) is 23.9. The summed E-state index contributed by atoms with van der Waals surface area (Å²) in [6.07, 6.45) is 0. The maximum absolute atomic E-state index is 13.4. The van der Waals surface area contributed by atoms with Gasteiger partial charge in [0, 0.05) is 48.9 Å². The number of piperazine rings is 1. The summed E-state index contributed by atoms with van der Waals surface area (Å²) >= 11 is 5.99. The maximum Gasteiger partial charge on any atom is 0.254 e. The molecular weight excluding hydrogens is 545 g/mol. The van der Waals surface area contributed by atoms with Gasteiger partial charge < -0.3 is 19.4 Å². The summed E-state index contributed by atoms with van der Waals surface area (Å²) in [5.41, 5.74) is 2.85. The number of aromatic nitrogens is 2. The molecule has 8 nitrogen and oxygen atoms in total. The molecule has 1 aliphatic heterocycles. The first-order valence-electron chi connectivity index (χ1n) is 13.2. The van der Waals surface area contributed by atoms with E-state index in [-0.39, 0.29) is 30.7 Å². The van der Waals surface area contributed by atoms with Crippen molar-refractivity contribution in [2.75, 3.05) is 44.7 Å². The minimum absolute atomic E-state index is 0.102. The first-order valence-corrected chi connectivity index (χ1v) is 13.6. The quantitative estimate of drug-likeness (QED) is 0.297. The number of hydrogen-bond acceptors (Lipinski definition) is 6. The molecule has 5 rings (SSSR count). The van der Waals surface area contributed by atoms with Crippen molar-refractivity contribution in [2.45, 2.75) is 6.54 Å². The third-order valence-electron chi connectivity index (χ3n) is 6.98. The van der Waals surface area contributed by atoms with Gasteiger partial charge in [0.05, 0.1) is 12.8 Å². The molecule has 0 radical (unpaired) electrons. The molecule has 0 unspecified atom stereocenters. The van der Waals surface area contributed by atoms with Crippen LogP contribution >= 0.6 is 11.6 Å². The van der Waals surface area contributed by atoms with Gasteiger partial charge in [-0.2, -0.15) is 0 Å². The Labute approximate surface area is 242 Å². The summed E-state index contributed by atoms with van der Waals surface area (Å²) in [7, 11) is 1.63. The maximum atomic E-state index is 13.4. The van der Waals surface area contributed by atoms with Crippen LogP contribution in [0.4, 0.5) is 10.2 Å². The van der Waals surface area contributed by atoms with Crippen LogP contribution in [0, 0.1) is 5.82 Å². The Kier molecular flexibility index (Phi) is 8.74. The smallest absolute Gasteiger partial charge is 0.254 e. The van der Waals surface area contributed by atoms with Gasteiger partial charge in [0.1, 0.15) is 18.1 Å². The Hall–Kier alpha value is -4.50. The zero-order chi connectivity index (χ0) is 28.8. The molecule has 2 amide bonds. The molecule has 4 aromatic rings. The fourth-order valence-corrected chi connectivity index (χ4v) is 4.77. The average molecular weight is 574 g/mol. The number of carbonyl (C=O) groups excluding carboxylic acids is 2. The highest BCUT2D eigenvalue weighted by molar-refractivity contribution is 6.30. The van der Waals surface area contributed by atoms with Crippen LogP contribution in [-0.4, -0.2) is 71.6 Å². The number of hydrogen-bond donors (Lipinski definition) is 0. The Morgan fingerprint density at radius 2 is 1.56 bits per heavy atom. The van der Waals surface area contributed by atoms with Gasteiger partial charge in [-0.05, 0) is 78.4 Å². The van der Waals surface area contributed by atoms with Gasteiger partial charge in [0.2, 0.25) is 5.91 Å². The molecule has 0 atom stereocenters. The number of halogens is 2. The summed E-state index contributed by atoms with van der Waals surface area (Å²) in [4.78, 5) is 32.0. The molecule has 1 aromatic heterocycles. The summed E-state index contributed by atoms with van der Waals surface area (Å²) in [5.74, 6) is 0.697. The molecule has 41 heavy (non-hydrogen) atoms. The largest absolute Gasteiger partial charge is 0.497 e. The van der Waals surface area contributed by atoms with Gasteiger partial charge in [-0.1, -0.05) is 23.7 Å². The Morgan fingerprint density at radius 1 is 0.878 bits per heavy atom. The van der Waals surface area contributed by atoms with E-state index in [2.05, 4.69) is 15.1 Å². The Bertz CT molecular complexity index is 1470. The predicted molar refractivity (Wildman–Crippen MR) is 155 cm³/mol. The zero-order valence-electron chi connectivity index (χ0n) is 22.5. The monoisotopic (exact) mass is 573 g/mol. The van der Waals surface area contributed by atoms with Crippen molar-refractivity contribution in [3.8, 4) is 17.0 Å². The van der Waals surface area contributed by atoms with Crippen LogP contribution in [0.25, 0.3) is 11.3 Å². The number of nitrogens with zero attached hydrogens (tertiary/aromatic N) is 5. The highest BCUT2D eigenvalue weighted by Gasteiger charge is 2.26. The number of carbonyl (C=O) groups is 2. The molecule has 0 aliphatic carbocycles. The summed E-state index contributed by atoms with van der Waals surface area (Å²) < 4.78 is 18.7. The lowest BCUT2D eigenvalue weighted by molar-refractivity contribution is -0.132. The molecule has 2 heterocycles. The molecule has 1 saturated heterocycles. The molecule has 3 aromatic carbocycles. The van der Waals surface area contributed by atoms with Crippen LogP contribution < -0.4 is 9.64 Å². The van der Waals surface area contributed by atoms with Crippen molar-refractivity contribution >= 4 is 29.2 Å². The predicted octanol–water partition coefficient (Wildman–Crippen LogP) is 4.94. The lowest BCUT2D eigenvalue weighted by Crippen LogP contribution is -2.52. The van der Waals surface area contributed by atoms with Crippen LogP contribution in [0.2, 0.25) is 5.02 Å². The number of anilines is 1. The third kappa shape index (κ3) is 6.99. The lowest BCUT2D eigenvalue weighted by atomic mass is 10.1. The van der Waals surface area contributed by atoms with Crippen molar-refractivity contribution in [1.82, 2.24) is 20.0 Å². The average Bonchev–Trinajstić information content (AvgIpc) is 3.02. The fourth-order valence-electron chi connectivity index (χ4n) is 4.64. The normalized spacial score (nSPS) is 13.1. The van der Waals surface area contributed by atoms with Gasteiger partial charge in [-0.15, -0.1) is 10.2 Å². The van der Waals surface area contributed by atoms with E-state index in [4.69, 9.17) is 16.3 Å². The van der Waals surface area contributed by atoms with Crippen molar-refractivity contribution < 1.29 is 18.7 Å². The summed E-state index contributed by atoms with van der Waals surface area (Å²) in [5, 5.41) is 9.31. The third-order valence-corrected chi connectivity index (χ3v) is 7.24. The Morgan fingerprint density at radius 3 is 2.17 bits per heavy atom. The molecular formula is C31H29ClFN5O3. The van der Waals surface area contributed by atoms with E-state index >= 15 is 0 Å². The second-order valence-electron chi connectivity index (χ2n) is 9.67. The molecule has 10 heteroatoms. The SMILES string of the molecule is COc1ccc(-c2ccc(N3CCN(C(=O)CN(Cc4ccc(F)cc4)C(=O)c4ccc(Cl)cc4)CC3)nn2)cc1. The second kappa shape index (κ2) is 12.8. The first-order chi connectivity index (χ1) is 19.9. The van der Waals surface area contributed by atoms with E-state index in [0.29, 0.717) is 36.8 Å². The van der Waals surface area contributed by atoms with Gasteiger partial charge in [0.25, 0.3) is 5.91 Å². The minimum atomic E-state index is -0.363. The van der Waals surface area contributed by atoms with E-state index in [0.717, 1.165) is 28.4 Å². The van der Waals surface area contributed by atoms with Crippen LogP contribution in [0.1, 0.15) is 15.9 Å². The minimum Gasteiger partial charge on any atom is -0.497 e. The number of rotatable bonds is 8. The van der Waals surface area contributed by atoms with Crippen LogP contribution in [0.3, 0.4) is 0 Å². The number of methoxy groups -OCH3 is 1. The van der Waals surface area contributed by atoms with Gasteiger partial charge in [0.15, 0.2) is 5.82 Å². The zero-order valence-corrected chi connectivity index (χ0v) is 23.3. The van der Waals surface area contributed by atoms with Crippen molar-refractivity contribution in [2.24, 2.45) is 0 Å². The molecule has 210 valence electrons. The first kappa shape index (κ1) is 28.0. The highest BCUT2D eigenvalue weighted by atomic mass is 35.5. The standard InChI is InChI=1S/C31H29ClFN5O3/c1-41-27-12-6-23(7-13-27)28-14-15-29(35-34-28)36-16-18-37(19-17-36)30(39)21-38(20-22-2-10-26(33)11-3-22)31(40)24-4-8-25(32)9-5-24/h2-15H,16-21H2,1H3.